The van der Waals surface area contributed by atoms with Crippen LogP contribution in [-0.4, -0.2) is 37.1 Å². The molecule has 4 N–H and O–H groups in total. The second kappa shape index (κ2) is 6.22. The van der Waals surface area contributed by atoms with Gasteiger partial charge in [-0.3, -0.25) is 10.1 Å². The van der Waals surface area contributed by atoms with Gasteiger partial charge in [0.05, 0.1) is 15.9 Å². The minimum Gasteiger partial charge on any atom is -0.392 e. The van der Waals surface area contributed by atoms with E-state index in [1.54, 1.807) is 0 Å². The van der Waals surface area contributed by atoms with Crippen molar-refractivity contribution >= 4 is 15.7 Å². The van der Waals surface area contributed by atoms with Crippen LogP contribution < -0.4 is 10.5 Å². The van der Waals surface area contributed by atoms with Gasteiger partial charge in [-0.25, -0.2) is 13.1 Å². The van der Waals surface area contributed by atoms with Crippen molar-refractivity contribution in [2.75, 3.05) is 6.54 Å². The number of hydrogen-bond acceptors (Lipinski definition) is 6. The molecular formula is C10H14FN3O5S. The summed E-state index contributed by atoms with van der Waals surface area (Å²) in [6, 6.07) is 1.40. The first-order valence-corrected chi connectivity index (χ1v) is 7.00. The van der Waals surface area contributed by atoms with Gasteiger partial charge in [-0.15, -0.1) is 0 Å². The largest absolute Gasteiger partial charge is 0.392 e. The molecule has 0 spiro atoms. The lowest BCUT2D eigenvalue weighted by atomic mass is 10.2. The lowest BCUT2D eigenvalue weighted by molar-refractivity contribution is -0.387. The molecule has 0 saturated heterocycles. The summed E-state index contributed by atoms with van der Waals surface area (Å²) in [6.07, 6.45) is -0.925. The molecule has 0 bridgehead atoms. The maximum Gasteiger partial charge on any atom is 0.304 e. The standard InChI is InChI=1S/C10H14FN3O5S/c1-6(15)9(12)5-13-20(18,19)7-2-3-10(14(16)17)8(11)4-7/h2-4,6,9,13,15H,5,12H2,1H3. The second-order valence-electron chi connectivity index (χ2n) is 4.13. The number of hydrogen-bond donors (Lipinski definition) is 3. The molecule has 0 aromatic heterocycles. The van der Waals surface area contributed by atoms with E-state index >= 15 is 0 Å². The predicted octanol–water partition coefficient (Wildman–Crippen LogP) is -0.280. The Labute approximate surface area is 114 Å². The van der Waals surface area contributed by atoms with Crippen LogP contribution in [0.25, 0.3) is 0 Å². The van der Waals surface area contributed by atoms with Crippen LogP contribution in [0.2, 0.25) is 0 Å². The molecule has 1 rings (SSSR count). The Hall–Kier alpha value is -1.62. The van der Waals surface area contributed by atoms with E-state index in [4.69, 9.17) is 10.8 Å². The highest BCUT2D eigenvalue weighted by Gasteiger charge is 2.21. The summed E-state index contributed by atoms with van der Waals surface area (Å²) in [5.41, 5.74) is 4.64. The van der Waals surface area contributed by atoms with Crippen LogP contribution in [-0.2, 0) is 10.0 Å². The first-order valence-electron chi connectivity index (χ1n) is 5.52. The van der Waals surface area contributed by atoms with Crippen LogP contribution >= 0.6 is 0 Å². The van der Waals surface area contributed by atoms with E-state index in [0.29, 0.717) is 6.07 Å². The highest BCUT2D eigenvalue weighted by molar-refractivity contribution is 7.89. The van der Waals surface area contributed by atoms with Crippen LogP contribution in [0.5, 0.6) is 0 Å². The van der Waals surface area contributed by atoms with Crippen molar-refractivity contribution in [1.82, 2.24) is 4.72 Å². The smallest absolute Gasteiger partial charge is 0.304 e. The van der Waals surface area contributed by atoms with E-state index in [-0.39, 0.29) is 6.54 Å². The summed E-state index contributed by atoms with van der Waals surface area (Å²) in [6.45, 7) is 1.14. The maximum atomic E-state index is 13.4. The van der Waals surface area contributed by atoms with Gasteiger partial charge in [0, 0.05) is 24.7 Å². The van der Waals surface area contributed by atoms with E-state index in [1.807, 2.05) is 0 Å². The Balaban J connectivity index is 2.94. The van der Waals surface area contributed by atoms with Crippen LogP contribution in [0, 0.1) is 15.9 Å². The normalized spacial score (nSPS) is 14.8. The van der Waals surface area contributed by atoms with Gasteiger partial charge in [0.25, 0.3) is 0 Å². The number of nitrogens with one attached hydrogen (secondary N) is 1. The van der Waals surface area contributed by atoms with Crippen molar-refractivity contribution in [3.05, 3.63) is 34.1 Å². The molecule has 1 aromatic rings. The second-order valence-corrected chi connectivity index (χ2v) is 5.89. The number of nitrogens with zero attached hydrogens (tertiary/aromatic N) is 1. The van der Waals surface area contributed by atoms with Crippen LogP contribution in [0.1, 0.15) is 6.92 Å². The van der Waals surface area contributed by atoms with Crippen molar-refractivity contribution in [2.24, 2.45) is 5.73 Å². The number of benzene rings is 1. The summed E-state index contributed by atoms with van der Waals surface area (Å²) in [4.78, 5) is 9.01. The Morgan fingerprint density at radius 2 is 2.15 bits per heavy atom. The predicted molar refractivity (Wildman–Crippen MR) is 67.9 cm³/mol. The average Bonchev–Trinajstić information content (AvgIpc) is 2.35. The molecule has 10 heteroatoms. The van der Waals surface area contributed by atoms with Crippen LogP contribution in [0.4, 0.5) is 10.1 Å². The number of halogens is 1. The molecule has 20 heavy (non-hydrogen) atoms. The SMILES string of the molecule is CC(O)C(N)CNS(=O)(=O)c1ccc([N+](=O)[O-])c(F)c1. The molecule has 8 nitrogen and oxygen atoms in total. The quantitative estimate of drug-likeness (QED) is 0.488. The first kappa shape index (κ1) is 16.4. The number of aliphatic hydroxyl groups excluding tert-OH is 1. The molecule has 0 aliphatic heterocycles. The summed E-state index contributed by atoms with van der Waals surface area (Å²) in [7, 11) is -4.06. The number of rotatable bonds is 6. The molecule has 1 aromatic carbocycles. The molecule has 0 amide bonds. The van der Waals surface area contributed by atoms with E-state index < -0.39 is 43.5 Å². The summed E-state index contributed by atoms with van der Waals surface area (Å²) in [5, 5.41) is 19.6. The fourth-order valence-corrected chi connectivity index (χ4v) is 2.35. The van der Waals surface area contributed by atoms with Gasteiger partial charge in [0.15, 0.2) is 0 Å². The van der Waals surface area contributed by atoms with E-state index in [2.05, 4.69) is 4.72 Å². The monoisotopic (exact) mass is 307 g/mol. The third-order valence-corrected chi connectivity index (χ3v) is 3.98. The van der Waals surface area contributed by atoms with Gasteiger partial charge >= 0.3 is 5.69 Å². The van der Waals surface area contributed by atoms with Crippen molar-refractivity contribution in [1.29, 1.82) is 0 Å². The molecule has 0 aliphatic carbocycles. The Kier molecular flexibility index (Phi) is 5.11. The molecule has 0 saturated carbocycles. The number of nitro groups is 1. The Morgan fingerprint density at radius 1 is 1.55 bits per heavy atom. The summed E-state index contributed by atoms with van der Waals surface area (Å²) in [5.74, 6) is -1.25. The third kappa shape index (κ3) is 3.93. The van der Waals surface area contributed by atoms with Crippen LogP contribution in [0.3, 0.4) is 0 Å². The van der Waals surface area contributed by atoms with Gasteiger partial charge in [0.2, 0.25) is 15.8 Å². The average molecular weight is 307 g/mol. The minimum atomic E-state index is -4.06. The molecule has 2 unspecified atom stereocenters. The van der Waals surface area contributed by atoms with Gasteiger partial charge in [-0.05, 0) is 13.0 Å². The van der Waals surface area contributed by atoms with E-state index in [1.165, 1.54) is 6.92 Å². The lowest BCUT2D eigenvalue weighted by Gasteiger charge is -2.15. The first-order chi connectivity index (χ1) is 9.15. The zero-order chi connectivity index (χ0) is 15.5. The summed E-state index contributed by atoms with van der Waals surface area (Å²) < 4.78 is 39.1. The molecule has 0 heterocycles. The van der Waals surface area contributed by atoms with Gasteiger partial charge in [0.1, 0.15) is 0 Å². The Bertz CT molecular complexity index is 605. The van der Waals surface area contributed by atoms with Gasteiger partial charge < -0.3 is 10.8 Å². The van der Waals surface area contributed by atoms with Gasteiger partial charge in [-0.2, -0.15) is 4.39 Å². The molecule has 0 aliphatic rings. The van der Waals surface area contributed by atoms with Gasteiger partial charge in [-0.1, -0.05) is 0 Å². The number of aliphatic hydroxyl groups is 1. The number of nitro benzene ring substituents is 1. The zero-order valence-corrected chi connectivity index (χ0v) is 11.3. The summed E-state index contributed by atoms with van der Waals surface area (Å²) >= 11 is 0. The molecule has 112 valence electrons. The minimum absolute atomic E-state index is 0.251. The highest BCUT2D eigenvalue weighted by atomic mass is 32.2. The fourth-order valence-electron chi connectivity index (χ4n) is 1.26. The highest BCUT2D eigenvalue weighted by Crippen LogP contribution is 2.20. The number of nitrogens with two attached hydrogens (primary N) is 1. The van der Waals surface area contributed by atoms with Crippen molar-refractivity contribution < 1.29 is 22.8 Å². The third-order valence-electron chi connectivity index (χ3n) is 2.55. The van der Waals surface area contributed by atoms with Crippen molar-refractivity contribution in [2.45, 2.75) is 24.0 Å². The fraction of sp³-hybridized carbons (Fsp3) is 0.400. The molecular weight excluding hydrogens is 293 g/mol. The number of sulfonamides is 1. The maximum absolute atomic E-state index is 13.4. The Morgan fingerprint density at radius 3 is 2.60 bits per heavy atom. The van der Waals surface area contributed by atoms with Crippen molar-refractivity contribution in [3.63, 3.8) is 0 Å². The topological polar surface area (TPSA) is 136 Å². The van der Waals surface area contributed by atoms with Crippen LogP contribution in [0.15, 0.2) is 23.1 Å². The molecule has 2 atom stereocenters. The van der Waals surface area contributed by atoms with E-state index in [9.17, 15) is 22.9 Å². The zero-order valence-electron chi connectivity index (χ0n) is 10.5. The van der Waals surface area contributed by atoms with E-state index in [0.717, 1.165) is 12.1 Å². The van der Waals surface area contributed by atoms with Crippen molar-refractivity contribution in [3.8, 4) is 0 Å². The lowest BCUT2D eigenvalue weighted by Crippen LogP contribution is -2.43. The molecule has 0 radical (unpaired) electrons. The molecule has 0 fully saturated rings.